The number of fused-ring (bicyclic) bond motifs is 1. The molecule has 1 aliphatic rings. The van der Waals surface area contributed by atoms with Gasteiger partial charge in [0.25, 0.3) is 0 Å². The molecule has 0 aliphatic heterocycles. The van der Waals surface area contributed by atoms with E-state index in [0.717, 1.165) is 18.7 Å². The highest BCUT2D eigenvalue weighted by atomic mass is 32.1. The van der Waals surface area contributed by atoms with Crippen molar-refractivity contribution in [2.75, 3.05) is 0 Å². The standard InChI is InChI=1S/C18H22N2S/c1-12(2)10-14-11-17(21)20-18(19-14)16-9-5-7-13-6-3-4-8-15(13)16/h3-4,6,8,11-12,16H,5,7,9-10H2,1-2H3,(H,19,20,21). The van der Waals surface area contributed by atoms with E-state index in [1.165, 1.54) is 29.7 Å². The van der Waals surface area contributed by atoms with Crippen LogP contribution in [0.25, 0.3) is 0 Å². The van der Waals surface area contributed by atoms with Crippen LogP contribution in [0.15, 0.2) is 30.3 Å². The van der Waals surface area contributed by atoms with E-state index in [0.29, 0.717) is 16.5 Å². The first-order valence-electron chi connectivity index (χ1n) is 7.81. The fourth-order valence-corrected chi connectivity index (χ4v) is 3.52. The third kappa shape index (κ3) is 3.24. The second-order valence-electron chi connectivity index (χ2n) is 6.37. The first kappa shape index (κ1) is 14.5. The number of aromatic nitrogens is 2. The van der Waals surface area contributed by atoms with E-state index in [9.17, 15) is 0 Å². The van der Waals surface area contributed by atoms with Crippen molar-refractivity contribution >= 4 is 12.2 Å². The van der Waals surface area contributed by atoms with E-state index in [-0.39, 0.29) is 0 Å². The number of aromatic amines is 1. The summed E-state index contributed by atoms with van der Waals surface area (Å²) in [5.41, 5.74) is 4.09. The SMILES string of the molecule is CC(C)Cc1cc(=S)nc(C2CCCc3ccccc32)[nH]1. The zero-order valence-corrected chi connectivity index (χ0v) is 13.5. The lowest BCUT2D eigenvalue weighted by Crippen LogP contribution is -2.15. The topological polar surface area (TPSA) is 28.7 Å². The van der Waals surface area contributed by atoms with Gasteiger partial charge in [0.05, 0.1) is 0 Å². The van der Waals surface area contributed by atoms with Crippen LogP contribution in [0.5, 0.6) is 0 Å². The largest absolute Gasteiger partial charge is 0.347 e. The van der Waals surface area contributed by atoms with Crippen LogP contribution >= 0.6 is 12.2 Å². The fourth-order valence-electron chi connectivity index (χ4n) is 3.28. The van der Waals surface area contributed by atoms with Gasteiger partial charge in [0.1, 0.15) is 10.5 Å². The molecule has 1 atom stereocenters. The molecule has 0 bridgehead atoms. The summed E-state index contributed by atoms with van der Waals surface area (Å²) >= 11 is 5.38. The molecule has 2 nitrogen and oxygen atoms in total. The average Bonchev–Trinajstić information content (AvgIpc) is 2.45. The van der Waals surface area contributed by atoms with Gasteiger partial charge in [-0.15, -0.1) is 0 Å². The molecule has 0 spiro atoms. The molecule has 21 heavy (non-hydrogen) atoms. The number of H-pyrrole nitrogens is 1. The van der Waals surface area contributed by atoms with Crippen LogP contribution in [0.2, 0.25) is 0 Å². The molecule has 1 unspecified atom stereocenters. The lowest BCUT2D eigenvalue weighted by Gasteiger charge is -2.25. The molecule has 110 valence electrons. The quantitative estimate of drug-likeness (QED) is 0.824. The second kappa shape index (κ2) is 6.10. The second-order valence-corrected chi connectivity index (χ2v) is 6.79. The molecule has 0 amide bonds. The number of nitrogens with one attached hydrogen (secondary N) is 1. The molecule has 3 heteroatoms. The van der Waals surface area contributed by atoms with Crippen molar-refractivity contribution in [3.63, 3.8) is 0 Å². The van der Waals surface area contributed by atoms with Gasteiger partial charge in [0.15, 0.2) is 0 Å². The van der Waals surface area contributed by atoms with E-state index in [2.05, 4.69) is 48.1 Å². The average molecular weight is 298 g/mol. The number of nitrogens with zero attached hydrogens (tertiary/aromatic N) is 1. The molecule has 0 radical (unpaired) electrons. The highest BCUT2D eigenvalue weighted by molar-refractivity contribution is 7.71. The number of hydrogen-bond donors (Lipinski definition) is 1. The maximum atomic E-state index is 5.38. The Morgan fingerprint density at radius 3 is 2.95 bits per heavy atom. The number of hydrogen-bond acceptors (Lipinski definition) is 2. The van der Waals surface area contributed by atoms with Gasteiger partial charge in [-0.05, 0) is 48.8 Å². The van der Waals surface area contributed by atoms with Gasteiger partial charge < -0.3 is 4.98 Å². The van der Waals surface area contributed by atoms with Crippen molar-refractivity contribution in [2.24, 2.45) is 5.92 Å². The fraction of sp³-hybridized carbons (Fsp3) is 0.444. The van der Waals surface area contributed by atoms with Gasteiger partial charge in [-0.25, -0.2) is 4.98 Å². The van der Waals surface area contributed by atoms with Crippen LogP contribution in [-0.4, -0.2) is 9.97 Å². The number of benzene rings is 1. The van der Waals surface area contributed by atoms with Crippen molar-refractivity contribution in [3.8, 4) is 0 Å². The Morgan fingerprint density at radius 1 is 1.33 bits per heavy atom. The number of aryl methyl sites for hydroxylation is 1. The summed E-state index contributed by atoms with van der Waals surface area (Å²) in [6.07, 6.45) is 4.57. The Balaban J connectivity index is 2.01. The van der Waals surface area contributed by atoms with Gasteiger partial charge in [-0.1, -0.05) is 50.3 Å². The highest BCUT2D eigenvalue weighted by Crippen LogP contribution is 2.34. The van der Waals surface area contributed by atoms with Crippen molar-refractivity contribution in [2.45, 2.75) is 45.4 Å². The molecule has 0 saturated carbocycles. The van der Waals surface area contributed by atoms with Crippen LogP contribution in [0.4, 0.5) is 0 Å². The summed E-state index contributed by atoms with van der Waals surface area (Å²) in [6.45, 7) is 4.46. The van der Waals surface area contributed by atoms with Gasteiger partial charge in [0.2, 0.25) is 0 Å². The minimum absolute atomic E-state index is 0.365. The molecule has 1 aliphatic carbocycles. The predicted molar refractivity (Wildman–Crippen MR) is 89.2 cm³/mol. The molecule has 1 N–H and O–H groups in total. The molecule has 1 heterocycles. The summed E-state index contributed by atoms with van der Waals surface area (Å²) in [7, 11) is 0. The minimum Gasteiger partial charge on any atom is -0.347 e. The Bertz CT molecular complexity index is 688. The van der Waals surface area contributed by atoms with E-state index in [1.807, 2.05) is 6.07 Å². The van der Waals surface area contributed by atoms with E-state index >= 15 is 0 Å². The molecule has 2 aromatic rings. The molecule has 3 rings (SSSR count). The third-order valence-corrected chi connectivity index (χ3v) is 4.35. The van der Waals surface area contributed by atoms with Crippen LogP contribution < -0.4 is 0 Å². The maximum absolute atomic E-state index is 5.38. The van der Waals surface area contributed by atoms with Crippen molar-refractivity contribution in [1.82, 2.24) is 9.97 Å². The molecular formula is C18H22N2S. The molecule has 1 aromatic carbocycles. The van der Waals surface area contributed by atoms with Crippen LogP contribution in [0.1, 0.15) is 55.3 Å². The minimum atomic E-state index is 0.365. The van der Waals surface area contributed by atoms with Gasteiger partial charge in [-0.2, -0.15) is 0 Å². The summed E-state index contributed by atoms with van der Waals surface area (Å²) in [5.74, 6) is 2.03. The monoisotopic (exact) mass is 298 g/mol. The summed E-state index contributed by atoms with van der Waals surface area (Å²) in [4.78, 5) is 8.17. The van der Waals surface area contributed by atoms with Crippen molar-refractivity contribution in [3.05, 3.63) is 57.6 Å². The van der Waals surface area contributed by atoms with Crippen molar-refractivity contribution in [1.29, 1.82) is 0 Å². The lowest BCUT2D eigenvalue weighted by atomic mass is 9.82. The number of rotatable bonds is 3. The summed E-state index contributed by atoms with van der Waals surface area (Å²) in [5, 5.41) is 0. The van der Waals surface area contributed by atoms with E-state index in [1.54, 1.807) is 0 Å². The normalized spacial score (nSPS) is 17.8. The molecule has 0 fully saturated rings. The Kier molecular flexibility index (Phi) is 4.20. The lowest BCUT2D eigenvalue weighted by molar-refractivity contribution is 0.577. The van der Waals surface area contributed by atoms with Gasteiger partial charge in [0, 0.05) is 11.6 Å². The molecule has 1 aromatic heterocycles. The summed E-state index contributed by atoms with van der Waals surface area (Å²) < 4.78 is 0.711. The maximum Gasteiger partial charge on any atom is 0.130 e. The highest BCUT2D eigenvalue weighted by Gasteiger charge is 2.23. The van der Waals surface area contributed by atoms with Crippen LogP contribution in [0, 0.1) is 10.6 Å². The molecular weight excluding hydrogens is 276 g/mol. The van der Waals surface area contributed by atoms with E-state index in [4.69, 9.17) is 12.2 Å². The van der Waals surface area contributed by atoms with E-state index < -0.39 is 0 Å². The Morgan fingerprint density at radius 2 is 2.14 bits per heavy atom. The van der Waals surface area contributed by atoms with Crippen LogP contribution in [0.3, 0.4) is 0 Å². The van der Waals surface area contributed by atoms with Gasteiger partial charge >= 0.3 is 0 Å². The van der Waals surface area contributed by atoms with Crippen molar-refractivity contribution < 1.29 is 0 Å². The first-order valence-corrected chi connectivity index (χ1v) is 8.22. The third-order valence-electron chi connectivity index (χ3n) is 4.14. The zero-order chi connectivity index (χ0) is 14.8. The predicted octanol–water partition coefficient (Wildman–Crippen LogP) is 4.81. The van der Waals surface area contributed by atoms with Crippen LogP contribution in [-0.2, 0) is 12.8 Å². The van der Waals surface area contributed by atoms with Gasteiger partial charge in [-0.3, -0.25) is 0 Å². The first-order chi connectivity index (χ1) is 10.1. The Labute approximate surface area is 131 Å². The smallest absolute Gasteiger partial charge is 0.130 e. The Hall–Kier alpha value is -1.48. The zero-order valence-electron chi connectivity index (χ0n) is 12.7. The summed E-state index contributed by atoms with van der Waals surface area (Å²) in [6, 6.07) is 10.8. The molecule has 0 saturated heterocycles.